The van der Waals surface area contributed by atoms with E-state index in [2.05, 4.69) is 6.07 Å². The molecule has 3 rings (SSSR count). The molecule has 5 heteroatoms. The van der Waals surface area contributed by atoms with Crippen LogP contribution in [-0.4, -0.2) is 11.7 Å². The van der Waals surface area contributed by atoms with E-state index in [9.17, 15) is 4.79 Å². The van der Waals surface area contributed by atoms with Gasteiger partial charge in [-0.2, -0.15) is 5.26 Å². The predicted octanol–water partition coefficient (Wildman–Crippen LogP) is 4.74. The molecule has 1 amide bonds. The lowest BCUT2D eigenvalue weighted by Crippen LogP contribution is -2.35. The highest BCUT2D eigenvalue weighted by atomic mass is 16.6. The highest BCUT2D eigenvalue weighted by Crippen LogP contribution is 2.47. The molecule has 5 nitrogen and oxygen atoms in total. The van der Waals surface area contributed by atoms with E-state index in [1.807, 2.05) is 32.9 Å². The summed E-state index contributed by atoms with van der Waals surface area (Å²) in [5, 5.41) is 9.05. The number of hydrogen-bond donors (Lipinski definition) is 0. The van der Waals surface area contributed by atoms with Crippen LogP contribution >= 0.6 is 0 Å². The van der Waals surface area contributed by atoms with Gasteiger partial charge in [-0.1, -0.05) is 12.1 Å². The first kappa shape index (κ1) is 14.9. The molecule has 0 bridgehead atoms. The van der Waals surface area contributed by atoms with Gasteiger partial charge in [-0.05, 0) is 45.0 Å². The van der Waals surface area contributed by atoms with Crippen molar-refractivity contribution in [3.05, 3.63) is 48.0 Å². The predicted molar refractivity (Wildman–Crippen MR) is 86.0 cm³/mol. The first-order chi connectivity index (χ1) is 10.9. The SMILES string of the molecule is CC(C)(C)OC(=O)N1c2ccccc2Oc2cc(C#N)ccc21. The van der Waals surface area contributed by atoms with Crippen molar-refractivity contribution in [2.24, 2.45) is 0 Å². The number of amides is 1. The van der Waals surface area contributed by atoms with Crippen LogP contribution in [0.3, 0.4) is 0 Å². The van der Waals surface area contributed by atoms with Crippen LogP contribution in [0.2, 0.25) is 0 Å². The smallest absolute Gasteiger partial charge is 0.419 e. The summed E-state index contributed by atoms with van der Waals surface area (Å²) in [7, 11) is 0. The molecule has 0 spiro atoms. The summed E-state index contributed by atoms with van der Waals surface area (Å²) in [6, 6.07) is 14.2. The van der Waals surface area contributed by atoms with Crippen molar-refractivity contribution in [1.82, 2.24) is 0 Å². The van der Waals surface area contributed by atoms with E-state index in [1.54, 1.807) is 30.3 Å². The Morgan fingerprint density at radius 1 is 1.13 bits per heavy atom. The van der Waals surface area contributed by atoms with E-state index in [0.29, 0.717) is 28.4 Å². The Hall–Kier alpha value is -3.00. The van der Waals surface area contributed by atoms with Gasteiger partial charge in [-0.25, -0.2) is 9.69 Å². The minimum Gasteiger partial charge on any atom is -0.453 e. The van der Waals surface area contributed by atoms with Gasteiger partial charge in [0.25, 0.3) is 0 Å². The normalized spacial score (nSPS) is 12.5. The number of carbonyl (C=O) groups excluding carboxylic acids is 1. The van der Waals surface area contributed by atoms with Crippen molar-refractivity contribution < 1.29 is 14.3 Å². The summed E-state index contributed by atoms with van der Waals surface area (Å²) >= 11 is 0. The van der Waals surface area contributed by atoms with Crippen LogP contribution in [-0.2, 0) is 4.74 Å². The number of rotatable bonds is 0. The summed E-state index contributed by atoms with van der Waals surface area (Å²) in [5.41, 5.74) is 1.01. The molecule has 0 N–H and O–H groups in total. The fourth-order valence-corrected chi connectivity index (χ4v) is 2.33. The molecule has 2 aromatic carbocycles. The van der Waals surface area contributed by atoms with Crippen LogP contribution < -0.4 is 9.64 Å². The topological polar surface area (TPSA) is 62.6 Å². The Morgan fingerprint density at radius 2 is 1.83 bits per heavy atom. The molecule has 0 saturated heterocycles. The van der Waals surface area contributed by atoms with Gasteiger partial charge in [0.2, 0.25) is 0 Å². The molecule has 0 aliphatic carbocycles. The van der Waals surface area contributed by atoms with Crippen molar-refractivity contribution in [3.63, 3.8) is 0 Å². The monoisotopic (exact) mass is 308 g/mol. The summed E-state index contributed by atoms with van der Waals surface area (Å²) < 4.78 is 11.3. The lowest BCUT2D eigenvalue weighted by Gasteiger charge is -2.32. The van der Waals surface area contributed by atoms with E-state index >= 15 is 0 Å². The lowest BCUT2D eigenvalue weighted by molar-refractivity contribution is 0.0596. The van der Waals surface area contributed by atoms with E-state index in [4.69, 9.17) is 14.7 Å². The maximum atomic E-state index is 12.7. The van der Waals surface area contributed by atoms with Gasteiger partial charge in [0.05, 0.1) is 23.0 Å². The molecular weight excluding hydrogens is 292 g/mol. The second-order valence-electron chi connectivity index (χ2n) is 6.18. The molecule has 0 atom stereocenters. The summed E-state index contributed by atoms with van der Waals surface area (Å²) in [6.07, 6.45) is -0.487. The van der Waals surface area contributed by atoms with Crippen molar-refractivity contribution in [3.8, 4) is 17.6 Å². The van der Waals surface area contributed by atoms with Gasteiger partial charge in [0.1, 0.15) is 5.60 Å². The van der Waals surface area contributed by atoms with Crippen molar-refractivity contribution in [2.75, 3.05) is 4.90 Å². The second kappa shape index (κ2) is 5.33. The zero-order chi connectivity index (χ0) is 16.6. The van der Waals surface area contributed by atoms with Crippen LogP contribution in [0.1, 0.15) is 26.3 Å². The number of hydrogen-bond acceptors (Lipinski definition) is 4. The summed E-state index contributed by atoms with van der Waals surface area (Å²) in [6.45, 7) is 5.45. The van der Waals surface area contributed by atoms with Crippen molar-refractivity contribution >= 4 is 17.5 Å². The average molecular weight is 308 g/mol. The summed E-state index contributed by atoms with van der Waals surface area (Å²) in [4.78, 5) is 14.1. The number of benzene rings is 2. The Morgan fingerprint density at radius 3 is 2.52 bits per heavy atom. The highest BCUT2D eigenvalue weighted by molar-refractivity contribution is 6.01. The number of anilines is 2. The molecule has 1 heterocycles. The standard InChI is InChI=1S/C18H16N2O3/c1-18(2,3)23-17(21)20-13-6-4-5-7-15(13)22-16-10-12(11-19)8-9-14(16)20/h4-10H,1-3H3. The molecule has 0 radical (unpaired) electrons. The maximum absolute atomic E-state index is 12.7. The fraction of sp³-hybridized carbons (Fsp3) is 0.222. The Labute approximate surface area is 134 Å². The number of nitriles is 1. The molecule has 23 heavy (non-hydrogen) atoms. The molecular formula is C18H16N2O3. The largest absolute Gasteiger partial charge is 0.453 e. The van der Waals surface area contributed by atoms with Gasteiger partial charge in [0, 0.05) is 6.07 Å². The molecule has 2 aromatic rings. The second-order valence-corrected chi connectivity index (χ2v) is 6.18. The van der Waals surface area contributed by atoms with Crippen molar-refractivity contribution in [2.45, 2.75) is 26.4 Å². The van der Waals surface area contributed by atoms with E-state index in [0.717, 1.165) is 0 Å². The zero-order valence-electron chi connectivity index (χ0n) is 13.2. The Kier molecular flexibility index (Phi) is 3.45. The maximum Gasteiger partial charge on any atom is 0.419 e. The molecule has 0 unspecified atom stereocenters. The molecule has 0 fully saturated rings. The van der Waals surface area contributed by atoms with Gasteiger partial charge in [0.15, 0.2) is 11.5 Å². The average Bonchev–Trinajstić information content (AvgIpc) is 2.50. The highest BCUT2D eigenvalue weighted by Gasteiger charge is 2.32. The molecule has 0 saturated carbocycles. The van der Waals surface area contributed by atoms with Gasteiger partial charge >= 0.3 is 6.09 Å². The Balaban J connectivity index is 2.12. The minimum absolute atomic E-state index is 0.452. The van der Waals surface area contributed by atoms with Crippen LogP contribution in [0.5, 0.6) is 11.5 Å². The molecule has 1 aliphatic rings. The summed E-state index contributed by atoms with van der Waals surface area (Å²) in [5.74, 6) is 0.995. The third kappa shape index (κ3) is 2.84. The van der Waals surface area contributed by atoms with Crippen LogP contribution in [0.4, 0.5) is 16.2 Å². The van der Waals surface area contributed by atoms with Crippen molar-refractivity contribution in [1.29, 1.82) is 5.26 Å². The quantitative estimate of drug-likeness (QED) is 0.705. The number of ether oxygens (including phenoxy) is 2. The number of nitrogens with zero attached hydrogens (tertiary/aromatic N) is 2. The van der Waals surface area contributed by atoms with Crippen LogP contribution in [0.15, 0.2) is 42.5 Å². The lowest BCUT2D eigenvalue weighted by atomic mass is 10.1. The van der Waals surface area contributed by atoms with Crippen LogP contribution in [0.25, 0.3) is 0 Å². The molecule has 1 aliphatic heterocycles. The van der Waals surface area contributed by atoms with Crippen LogP contribution in [0, 0.1) is 11.3 Å². The first-order valence-electron chi connectivity index (χ1n) is 7.23. The third-order valence-electron chi connectivity index (χ3n) is 3.23. The fourth-order valence-electron chi connectivity index (χ4n) is 2.33. The Bertz CT molecular complexity index is 816. The van der Waals surface area contributed by atoms with E-state index in [1.165, 1.54) is 4.90 Å². The van der Waals surface area contributed by atoms with Gasteiger partial charge in [-0.15, -0.1) is 0 Å². The van der Waals surface area contributed by atoms with Gasteiger partial charge < -0.3 is 9.47 Å². The minimum atomic E-state index is -0.614. The number of fused-ring (bicyclic) bond motifs is 2. The third-order valence-corrected chi connectivity index (χ3v) is 3.23. The molecule has 116 valence electrons. The van der Waals surface area contributed by atoms with E-state index in [-0.39, 0.29) is 0 Å². The molecule has 0 aromatic heterocycles. The zero-order valence-corrected chi connectivity index (χ0v) is 13.2. The van der Waals surface area contributed by atoms with E-state index < -0.39 is 11.7 Å². The first-order valence-corrected chi connectivity index (χ1v) is 7.23. The number of carbonyl (C=O) groups is 1. The number of para-hydroxylation sites is 2. The van der Waals surface area contributed by atoms with Gasteiger partial charge in [-0.3, -0.25) is 0 Å².